The molecule has 1 aromatic heterocycles. The van der Waals surface area contributed by atoms with Gasteiger partial charge in [0.25, 0.3) is 0 Å². The highest BCUT2D eigenvalue weighted by molar-refractivity contribution is 6.31. The maximum absolute atomic E-state index is 6.28. The Morgan fingerprint density at radius 3 is 3.12 bits per heavy atom. The van der Waals surface area contributed by atoms with Crippen molar-refractivity contribution in [2.24, 2.45) is 0 Å². The summed E-state index contributed by atoms with van der Waals surface area (Å²) >= 11 is 6.28. The second kappa shape index (κ2) is 4.08. The Hall–Kier alpha value is -1.48. The summed E-state index contributed by atoms with van der Waals surface area (Å²) in [7, 11) is 0. The van der Waals surface area contributed by atoms with Crippen molar-refractivity contribution in [1.29, 1.82) is 0 Å². The number of aryl methyl sites for hydroxylation is 1. The van der Waals surface area contributed by atoms with Gasteiger partial charge >= 0.3 is 0 Å². The first-order valence-electron chi connectivity index (χ1n) is 5.81. The molecule has 0 bridgehead atoms. The van der Waals surface area contributed by atoms with Gasteiger partial charge in [0.2, 0.25) is 0 Å². The summed E-state index contributed by atoms with van der Waals surface area (Å²) in [6.45, 7) is 0. The fourth-order valence-electron chi connectivity index (χ4n) is 2.54. The second-order valence-electron chi connectivity index (χ2n) is 4.48. The fourth-order valence-corrected chi connectivity index (χ4v) is 2.86. The Balaban J connectivity index is 2.06. The van der Waals surface area contributed by atoms with Crippen molar-refractivity contribution in [3.05, 3.63) is 47.0 Å². The van der Waals surface area contributed by atoms with E-state index in [1.807, 2.05) is 30.7 Å². The van der Waals surface area contributed by atoms with Crippen LogP contribution in [0.2, 0.25) is 5.02 Å². The number of anilines is 1. The zero-order valence-electron chi connectivity index (χ0n) is 9.44. The van der Waals surface area contributed by atoms with Gasteiger partial charge in [-0.1, -0.05) is 17.7 Å². The van der Waals surface area contributed by atoms with E-state index < -0.39 is 0 Å². The smallest absolute Gasteiger partial charge is 0.0953 e. The highest BCUT2D eigenvalue weighted by atomic mass is 35.5. The first-order valence-corrected chi connectivity index (χ1v) is 6.19. The molecule has 1 atom stereocenters. The van der Waals surface area contributed by atoms with Crippen molar-refractivity contribution in [3.8, 4) is 0 Å². The van der Waals surface area contributed by atoms with Crippen LogP contribution in [-0.4, -0.2) is 9.55 Å². The molecule has 1 aromatic carbocycles. The molecule has 88 valence electrons. The van der Waals surface area contributed by atoms with E-state index in [2.05, 4.69) is 9.55 Å². The van der Waals surface area contributed by atoms with Crippen LogP contribution in [0.1, 0.15) is 30.1 Å². The van der Waals surface area contributed by atoms with E-state index in [1.165, 1.54) is 12.1 Å². The molecular formula is C13H14ClN3. The SMILES string of the molecule is Nc1ccc(C2CCCc3cncn32)c(Cl)c1. The molecule has 17 heavy (non-hydrogen) atoms. The molecular weight excluding hydrogens is 234 g/mol. The van der Waals surface area contributed by atoms with Gasteiger partial charge in [-0.25, -0.2) is 4.98 Å². The van der Waals surface area contributed by atoms with Crippen molar-refractivity contribution in [2.75, 3.05) is 5.73 Å². The number of hydrogen-bond acceptors (Lipinski definition) is 2. The van der Waals surface area contributed by atoms with Gasteiger partial charge in [-0.05, 0) is 37.0 Å². The minimum atomic E-state index is 0.300. The van der Waals surface area contributed by atoms with E-state index in [0.29, 0.717) is 11.7 Å². The van der Waals surface area contributed by atoms with E-state index in [-0.39, 0.29) is 0 Å². The van der Waals surface area contributed by atoms with E-state index >= 15 is 0 Å². The molecule has 0 amide bonds. The van der Waals surface area contributed by atoms with Crippen LogP contribution in [0.5, 0.6) is 0 Å². The van der Waals surface area contributed by atoms with Gasteiger partial charge in [0.1, 0.15) is 0 Å². The van der Waals surface area contributed by atoms with E-state index in [1.54, 1.807) is 0 Å². The maximum atomic E-state index is 6.28. The van der Waals surface area contributed by atoms with E-state index in [0.717, 1.165) is 23.4 Å². The van der Waals surface area contributed by atoms with Crippen molar-refractivity contribution in [3.63, 3.8) is 0 Å². The molecule has 1 aliphatic heterocycles. The van der Waals surface area contributed by atoms with Crippen LogP contribution in [0.25, 0.3) is 0 Å². The molecule has 1 aliphatic rings. The number of benzene rings is 1. The van der Waals surface area contributed by atoms with Crippen molar-refractivity contribution in [1.82, 2.24) is 9.55 Å². The van der Waals surface area contributed by atoms with Gasteiger partial charge in [-0.15, -0.1) is 0 Å². The monoisotopic (exact) mass is 247 g/mol. The average molecular weight is 248 g/mol. The molecule has 2 N–H and O–H groups in total. The topological polar surface area (TPSA) is 43.8 Å². The number of hydrogen-bond donors (Lipinski definition) is 1. The Morgan fingerprint density at radius 1 is 1.41 bits per heavy atom. The third-order valence-electron chi connectivity index (χ3n) is 3.38. The van der Waals surface area contributed by atoms with Crippen molar-refractivity contribution >= 4 is 17.3 Å². The largest absolute Gasteiger partial charge is 0.399 e. The highest BCUT2D eigenvalue weighted by Crippen LogP contribution is 2.34. The van der Waals surface area contributed by atoms with Crippen LogP contribution < -0.4 is 5.73 Å². The van der Waals surface area contributed by atoms with Gasteiger partial charge in [0.05, 0.1) is 12.4 Å². The number of rotatable bonds is 1. The summed E-state index contributed by atoms with van der Waals surface area (Å²) in [5, 5.41) is 0.747. The first kappa shape index (κ1) is 10.7. The molecule has 4 heteroatoms. The first-order chi connectivity index (χ1) is 8.25. The lowest BCUT2D eigenvalue weighted by Crippen LogP contribution is -2.18. The zero-order valence-corrected chi connectivity index (χ0v) is 10.2. The molecule has 1 unspecified atom stereocenters. The summed E-state index contributed by atoms with van der Waals surface area (Å²) in [5.41, 5.74) is 8.86. The lowest BCUT2D eigenvalue weighted by Gasteiger charge is -2.26. The standard InChI is InChI=1S/C13H14ClN3/c14-12-6-9(15)4-5-11(12)13-3-1-2-10-7-16-8-17(10)13/h4-8,13H,1-3,15H2. The Morgan fingerprint density at radius 2 is 2.29 bits per heavy atom. The molecule has 3 rings (SSSR count). The van der Waals surface area contributed by atoms with E-state index in [4.69, 9.17) is 17.3 Å². The summed E-state index contributed by atoms with van der Waals surface area (Å²) in [6, 6.07) is 6.06. The van der Waals surface area contributed by atoms with E-state index in [9.17, 15) is 0 Å². The summed E-state index contributed by atoms with van der Waals surface area (Å²) in [6.07, 6.45) is 7.22. The number of imidazole rings is 1. The zero-order chi connectivity index (χ0) is 11.8. The van der Waals surface area contributed by atoms with Gasteiger partial charge in [-0.3, -0.25) is 0 Å². The minimum absolute atomic E-state index is 0.300. The third kappa shape index (κ3) is 1.80. The molecule has 0 saturated carbocycles. The number of halogens is 1. The number of nitrogens with zero attached hydrogens (tertiary/aromatic N) is 2. The van der Waals surface area contributed by atoms with Gasteiger partial charge in [-0.2, -0.15) is 0 Å². The van der Waals surface area contributed by atoms with Gasteiger partial charge < -0.3 is 10.3 Å². The van der Waals surface area contributed by atoms with Crippen molar-refractivity contribution < 1.29 is 0 Å². The lowest BCUT2D eigenvalue weighted by molar-refractivity contribution is 0.458. The van der Waals surface area contributed by atoms with Crippen LogP contribution >= 0.6 is 11.6 Å². The van der Waals surface area contributed by atoms with Crippen LogP contribution in [0.4, 0.5) is 5.69 Å². The van der Waals surface area contributed by atoms with Crippen LogP contribution in [0.3, 0.4) is 0 Å². The van der Waals surface area contributed by atoms with Crippen LogP contribution in [-0.2, 0) is 6.42 Å². The number of aromatic nitrogens is 2. The Kier molecular flexibility index (Phi) is 2.56. The minimum Gasteiger partial charge on any atom is -0.399 e. The summed E-state index contributed by atoms with van der Waals surface area (Å²) < 4.78 is 2.22. The summed E-state index contributed by atoms with van der Waals surface area (Å²) in [5.74, 6) is 0. The summed E-state index contributed by atoms with van der Waals surface area (Å²) in [4.78, 5) is 4.22. The third-order valence-corrected chi connectivity index (χ3v) is 3.70. The molecule has 0 fully saturated rings. The molecule has 0 spiro atoms. The average Bonchev–Trinajstić information content (AvgIpc) is 2.77. The second-order valence-corrected chi connectivity index (χ2v) is 4.89. The van der Waals surface area contributed by atoms with Crippen LogP contribution in [0.15, 0.2) is 30.7 Å². The molecule has 3 nitrogen and oxygen atoms in total. The highest BCUT2D eigenvalue weighted by Gasteiger charge is 2.22. The number of nitrogens with two attached hydrogens (primary N) is 1. The van der Waals surface area contributed by atoms with Gasteiger partial charge in [0.15, 0.2) is 0 Å². The molecule has 0 aliphatic carbocycles. The quantitative estimate of drug-likeness (QED) is 0.788. The van der Waals surface area contributed by atoms with Crippen LogP contribution in [0, 0.1) is 0 Å². The fraction of sp³-hybridized carbons (Fsp3) is 0.308. The van der Waals surface area contributed by atoms with Crippen molar-refractivity contribution in [2.45, 2.75) is 25.3 Å². The number of nitrogen functional groups attached to an aromatic ring is 1. The Labute approximate surface area is 105 Å². The molecule has 2 heterocycles. The predicted molar refractivity (Wildman–Crippen MR) is 69.2 cm³/mol. The molecule has 0 radical (unpaired) electrons. The maximum Gasteiger partial charge on any atom is 0.0953 e. The molecule has 0 saturated heterocycles. The normalized spacial score (nSPS) is 19.0. The molecule has 2 aromatic rings. The lowest BCUT2D eigenvalue weighted by atomic mass is 9.96. The predicted octanol–water partition coefficient (Wildman–Crippen LogP) is 3.04. The Bertz CT molecular complexity index is 547. The number of fused-ring (bicyclic) bond motifs is 1. The van der Waals surface area contributed by atoms with Gasteiger partial charge in [0, 0.05) is 22.6 Å².